The van der Waals surface area contributed by atoms with Crippen molar-refractivity contribution < 1.29 is 4.42 Å². The summed E-state index contributed by atoms with van der Waals surface area (Å²) in [4.78, 5) is 1.19. The third-order valence-corrected chi connectivity index (χ3v) is 4.71. The van der Waals surface area contributed by atoms with E-state index < -0.39 is 0 Å². The zero-order valence-corrected chi connectivity index (χ0v) is 12.6. The van der Waals surface area contributed by atoms with Crippen molar-refractivity contribution in [3.63, 3.8) is 0 Å². The molecule has 1 unspecified atom stereocenters. The second-order valence-electron chi connectivity index (χ2n) is 4.57. The van der Waals surface area contributed by atoms with Crippen molar-refractivity contribution in [3.8, 4) is 0 Å². The largest absolute Gasteiger partial charge is 0.457 e. The Balaban J connectivity index is 2.10. The van der Waals surface area contributed by atoms with Crippen LogP contribution in [0.3, 0.4) is 0 Å². The molecule has 0 aliphatic carbocycles. The van der Waals surface area contributed by atoms with Gasteiger partial charge in [0.15, 0.2) is 5.58 Å². The van der Waals surface area contributed by atoms with Crippen molar-refractivity contribution in [1.29, 1.82) is 0 Å². The molecule has 2 heterocycles. The number of hydrogen-bond acceptors (Lipinski definition) is 4. The first-order chi connectivity index (χ1) is 9.74. The fourth-order valence-electron chi connectivity index (χ4n) is 2.37. The first kappa shape index (κ1) is 13.6. The zero-order chi connectivity index (χ0) is 14.1. The second kappa shape index (κ2) is 5.58. The van der Waals surface area contributed by atoms with Crippen molar-refractivity contribution in [2.24, 2.45) is 5.84 Å². The van der Waals surface area contributed by atoms with Gasteiger partial charge in [0.25, 0.3) is 0 Å². The molecule has 0 fully saturated rings. The summed E-state index contributed by atoms with van der Waals surface area (Å²) in [6, 6.07) is 9.69. The number of nitrogens with one attached hydrogen (secondary N) is 1. The quantitative estimate of drug-likeness (QED) is 0.559. The Bertz CT molecular complexity index is 734. The second-order valence-corrected chi connectivity index (χ2v) is 5.93. The Morgan fingerprint density at radius 1 is 1.40 bits per heavy atom. The van der Waals surface area contributed by atoms with Crippen LogP contribution in [-0.2, 0) is 6.42 Å². The van der Waals surface area contributed by atoms with Gasteiger partial charge in [0.05, 0.1) is 5.02 Å². The molecule has 0 amide bonds. The summed E-state index contributed by atoms with van der Waals surface area (Å²) < 4.78 is 5.91. The number of rotatable bonds is 4. The molecule has 3 N–H and O–H groups in total. The molecular weight excluding hydrogens is 292 g/mol. The molecule has 0 saturated carbocycles. The van der Waals surface area contributed by atoms with Crippen LogP contribution in [0.5, 0.6) is 0 Å². The Labute approximate surface area is 126 Å². The summed E-state index contributed by atoms with van der Waals surface area (Å²) in [6.45, 7) is 2.13. The highest BCUT2D eigenvalue weighted by molar-refractivity contribution is 7.10. The molecule has 0 saturated heterocycles. The molecule has 2 aromatic heterocycles. The molecule has 3 aromatic rings. The molecule has 1 atom stereocenters. The molecule has 3 nitrogen and oxygen atoms in total. The van der Waals surface area contributed by atoms with Gasteiger partial charge in [-0.05, 0) is 35.6 Å². The first-order valence-electron chi connectivity index (χ1n) is 6.45. The van der Waals surface area contributed by atoms with E-state index in [2.05, 4.69) is 23.8 Å². The summed E-state index contributed by atoms with van der Waals surface area (Å²) in [5, 5.41) is 3.68. The van der Waals surface area contributed by atoms with Gasteiger partial charge in [0, 0.05) is 10.3 Å². The Morgan fingerprint density at radius 3 is 2.95 bits per heavy atom. The van der Waals surface area contributed by atoms with Gasteiger partial charge in [-0.3, -0.25) is 5.84 Å². The molecule has 0 bridgehead atoms. The number of benzene rings is 1. The number of para-hydroxylation sites is 1. The van der Waals surface area contributed by atoms with Crippen LogP contribution in [0.25, 0.3) is 11.0 Å². The normalized spacial score (nSPS) is 12.9. The number of halogens is 1. The van der Waals surface area contributed by atoms with Crippen LogP contribution in [0.1, 0.15) is 29.2 Å². The molecule has 3 rings (SSSR count). The van der Waals surface area contributed by atoms with E-state index in [-0.39, 0.29) is 6.04 Å². The Hall–Kier alpha value is -1.33. The third-order valence-electron chi connectivity index (χ3n) is 3.39. The Kier molecular flexibility index (Phi) is 3.81. The number of furan rings is 1. The number of hydrogen-bond donors (Lipinski definition) is 2. The van der Waals surface area contributed by atoms with Crippen LogP contribution in [0.2, 0.25) is 5.02 Å². The summed E-state index contributed by atoms with van der Waals surface area (Å²) in [6.07, 6.45) is 0.970. The van der Waals surface area contributed by atoms with Crippen LogP contribution >= 0.6 is 22.9 Å². The van der Waals surface area contributed by atoms with E-state index in [4.69, 9.17) is 21.9 Å². The van der Waals surface area contributed by atoms with E-state index in [0.29, 0.717) is 10.6 Å². The zero-order valence-electron chi connectivity index (χ0n) is 11.0. The summed E-state index contributed by atoms with van der Waals surface area (Å²) >= 11 is 7.84. The molecule has 1 aromatic carbocycles. The van der Waals surface area contributed by atoms with E-state index in [1.165, 1.54) is 10.4 Å². The minimum atomic E-state index is -0.145. The average Bonchev–Trinajstić information content (AvgIpc) is 3.07. The summed E-state index contributed by atoms with van der Waals surface area (Å²) in [5.74, 6) is 6.53. The lowest BCUT2D eigenvalue weighted by atomic mass is 10.1. The lowest BCUT2D eigenvalue weighted by molar-refractivity contribution is 0.480. The molecule has 5 heteroatoms. The standard InChI is InChI=1S/C15H15ClN2OS/c1-2-9-6-7-20-15(9)13(18-17)12-8-10-4-3-5-11(16)14(10)19-12/h3-8,13,18H,2,17H2,1H3. The highest BCUT2D eigenvalue weighted by Gasteiger charge is 2.21. The van der Waals surface area contributed by atoms with Crippen LogP contribution in [0, 0.1) is 0 Å². The van der Waals surface area contributed by atoms with Crippen LogP contribution in [0.15, 0.2) is 40.1 Å². The number of thiophene rings is 1. The van der Waals surface area contributed by atoms with Gasteiger partial charge in [0.2, 0.25) is 0 Å². The van der Waals surface area contributed by atoms with E-state index in [1.807, 2.05) is 24.3 Å². The van der Waals surface area contributed by atoms with E-state index in [9.17, 15) is 0 Å². The van der Waals surface area contributed by atoms with Crippen molar-refractivity contribution >= 4 is 33.9 Å². The van der Waals surface area contributed by atoms with Crippen LogP contribution < -0.4 is 11.3 Å². The number of aryl methyl sites for hydroxylation is 1. The van der Waals surface area contributed by atoms with Gasteiger partial charge in [-0.15, -0.1) is 11.3 Å². The first-order valence-corrected chi connectivity index (χ1v) is 7.70. The van der Waals surface area contributed by atoms with Crippen molar-refractivity contribution in [1.82, 2.24) is 5.43 Å². The van der Waals surface area contributed by atoms with Crippen molar-refractivity contribution in [3.05, 3.63) is 56.9 Å². The SMILES string of the molecule is CCc1ccsc1C(NN)c1cc2cccc(Cl)c2o1. The molecule has 0 aliphatic heterocycles. The minimum absolute atomic E-state index is 0.145. The molecule has 0 radical (unpaired) electrons. The highest BCUT2D eigenvalue weighted by atomic mass is 35.5. The number of hydrazine groups is 1. The van der Waals surface area contributed by atoms with E-state index >= 15 is 0 Å². The molecule has 0 aliphatic rings. The summed E-state index contributed by atoms with van der Waals surface area (Å²) in [7, 11) is 0. The van der Waals surface area contributed by atoms with E-state index in [0.717, 1.165) is 17.6 Å². The predicted molar refractivity (Wildman–Crippen MR) is 84.1 cm³/mol. The third kappa shape index (κ3) is 2.25. The van der Waals surface area contributed by atoms with Crippen LogP contribution in [0.4, 0.5) is 0 Å². The Morgan fingerprint density at radius 2 is 2.25 bits per heavy atom. The van der Waals surface area contributed by atoms with Crippen LogP contribution in [-0.4, -0.2) is 0 Å². The summed E-state index contributed by atoms with van der Waals surface area (Å²) in [5.41, 5.74) is 4.84. The van der Waals surface area contributed by atoms with Gasteiger partial charge in [-0.2, -0.15) is 0 Å². The highest BCUT2D eigenvalue weighted by Crippen LogP contribution is 2.34. The minimum Gasteiger partial charge on any atom is -0.457 e. The van der Waals surface area contributed by atoms with Crippen molar-refractivity contribution in [2.45, 2.75) is 19.4 Å². The lowest BCUT2D eigenvalue weighted by Gasteiger charge is -2.13. The smallest absolute Gasteiger partial charge is 0.152 e. The number of nitrogens with two attached hydrogens (primary N) is 1. The van der Waals surface area contributed by atoms with Gasteiger partial charge in [-0.1, -0.05) is 30.7 Å². The average molecular weight is 307 g/mol. The van der Waals surface area contributed by atoms with Crippen molar-refractivity contribution in [2.75, 3.05) is 0 Å². The maximum Gasteiger partial charge on any atom is 0.152 e. The monoisotopic (exact) mass is 306 g/mol. The van der Waals surface area contributed by atoms with E-state index in [1.54, 1.807) is 11.3 Å². The molecule has 20 heavy (non-hydrogen) atoms. The predicted octanol–water partition coefficient (Wildman–Crippen LogP) is 4.26. The lowest BCUT2D eigenvalue weighted by Crippen LogP contribution is -2.28. The molecule has 104 valence electrons. The molecular formula is C15H15ClN2OS. The molecule has 0 spiro atoms. The van der Waals surface area contributed by atoms with Gasteiger partial charge >= 0.3 is 0 Å². The maximum absolute atomic E-state index is 6.16. The fraction of sp³-hybridized carbons (Fsp3) is 0.200. The maximum atomic E-state index is 6.16. The van der Waals surface area contributed by atoms with Gasteiger partial charge < -0.3 is 4.42 Å². The van der Waals surface area contributed by atoms with Gasteiger partial charge in [0.1, 0.15) is 11.8 Å². The topological polar surface area (TPSA) is 51.2 Å². The number of fused-ring (bicyclic) bond motifs is 1. The van der Waals surface area contributed by atoms with Gasteiger partial charge in [-0.25, -0.2) is 5.43 Å². The fourth-order valence-corrected chi connectivity index (χ4v) is 3.65.